The molecule has 5 heteroatoms. The van der Waals surface area contributed by atoms with Crippen molar-refractivity contribution in [3.63, 3.8) is 0 Å². The van der Waals surface area contributed by atoms with Crippen LogP contribution in [0.5, 0.6) is 0 Å². The highest BCUT2D eigenvalue weighted by Gasteiger charge is 2.13. The fourth-order valence-electron chi connectivity index (χ4n) is 2.62. The van der Waals surface area contributed by atoms with Gasteiger partial charge in [-0.15, -0.1) is 10.2 Å². The van der Waals surface area contributed by atoms with Gasteiger partial charge in [-0.1, -0.05) is 50.7 Å². The maximum atomic E-state index is 12.3. The number of Topliss-reactive ketones (excluding diaryl/α,β-unsaturated/α-hetero) is 1. The first kappa shape index (κ1) is 16.7. The van der Waals surface area contributed by atoms with E-state index in [1.54, 1.807) is 11.8 Å². The molecule has 2 aromatic heterocycles. The summed E-state index contributed by atoms with van der Waals surface area (Å²) < 4.78 is 2.03. The number of benzene rings is 1. The van der Waals surface area contributed by atoms with Crippen molar-refractivity contribution in [1.82, 2.24) is 14.6 Å². The number of carbonyl (C=O) groups excluding carboxylic acids is 1. The molecule has 0 saturated carbocycles. The lowest BCUT2D eigenvalue weighted by molar-refractivity contribution is 0.0979. The van der Waals surface area contributed by atoms with E-state index in [-0.39, 0.29) is 5.78 Å². The fraction of sp³-hybridized carbons (Fsp3) is 0.316. The van der Waals surface area contributed by atoms with Crippen LogP contribution in [0.15, 0.2) is 52.4 Å². The molecule has 0 bridgehead atoms. The Hall–Kier alpha value is -2.14. The molecule has 0 aliphatic carbocycles. The summed E-state index contributed by atoms with van der Waals surface area (Å²) in [5.74, 6) is 1.45. The summed E-state index contributed by atoms with van der Waals surface area (Å²) in [4.78, 5) is 14.4. The molecule has 0 aliphatic heterocycles. The van der Waals surface area contributed by atoms with Gasteiger partial charge in [-0.2, -0.15) is 0 Å². The summed E-state index contributed by atoms with van der Waals surface area (Å²) in [7, 11) is 0. The number of carbonyl (C=O) groups is 1. The predicted octanol–water partition coefficient (Wildman–Crippen LogP) is 4.99. The third-order valence-electron chi connectivity index (χ3n) is 3.81. The second-order valence-electron chi connectivity index (χ2n) is 6.08. The maximum absolute atomic E-state index is 12.3. The van der Waals surface area contributed by atoms with Gasteiger partial charge in [0.15, 0.2) is 11.4 Å². The van der Waals surface area contributed by atoms with Gasteiger partial charge >= 0.3 is 0 Å². The molecule has 1 aromatic carbocycles. The summed E-state index contributed by atoms with van der Waals surface area (Å²) in [6, 6.07) is 11.8. The standard InChI is InChI=1S/C19H21N3OS/c1-4-7-16(23)15-8-5-6-9-17(15)24-14-10-11-18-20-21-19(13(2)3)22(18)12-14/h5-6,8-13H,4,7H2,1-3H3. The van der Waals surface area contributed by atoms with Crippen LogP contribution in [0, 0.1) is 0 Å². The highest BCUT2D eigenvalue weighted by molar-refractivity contribution is 7.99. The van der Waals surface area contributed by atoms with Crippen molar-refractivity contribution < 1.29 is 4.79 Å². The van der Waals surface area contributed by atoms with E-state index in [1.165, 1.54) is 0 Å². The molecule has 124 valence electrons. The van der Waals surface area contributed by atoms with Gasteiger partial charge in [0.1, 0.15) is 5.82 Å². The van der Waals surface area contributed by atoms with Crippen LogP contribution in [0.25, 0.3) is 5.65 Å². The summed E-state index contributed by atoms with van der Waals surface area (Å²) in [5, 5.41) is 8.47. The van der Waals surface area contributed by atoms with Crippen LogP contribution in [-0.4, -0.2) is 20.4 Å². The fourth-order valence-corrected chi connectivity index (χ4v) is 3.60. The molecule has 3 aromatic rings. The van der Waals surface area contributed by atoms with Crippen LogP contribution in [0.2, 0.25) is 0 Å². The number of aromatic nitrogens is 3. The molecule has 0 amide bonds. The quantitative estimate of drug-likeness (QED) is 0.594. The number of ketones is 1. The Morgan fingerprint density at radius 1 is 1.17 bits per heavy atom. The monoisotopic (exact) mass is 339 g/mol. The Balaban J connectivity index is 1.96. The number of fused-ring (bicyclic) bond motifs is 1. The Kier molecular flexibility index (Phi) is 5.00. The molecular formula is C19H21N3OS. The predicted molar refractivity (Wildman–Crippen MR) is 96.9 cm³/mol. The van der Waals surface area contributed by atoms with E-state index in [0.717, 1.165) is 33.2 Å². The third kappa shape index (κ3) is 3.36. The summed E-state index contributed by atoms with van der Waals surface area (Å²) in [5.41, 5.74) is 1.65. The minimum atomic E-state index is 0.203. The zero-order valence-corrected chi connectivity index (χ0v) is 15.0. The molecule has 0 spiro atoms. The first-order valence-corrected chi connectivity index (χ1v) is 9.06. The van der Waals surface area contributed by atoms with E-state index in [1.807, 2.05) is 47.7 Å². The molecular weight excluding hydrogens is 318 g/mol. The lowest BCUT2D eigenvalue weighted by Gasteiger charge is -2.09. The molecule has 4 nitrogen and oxygen atoms in total. The van der Waals surface area contributed by atoms with Gasteiger partial charge in [0.05, 0.1) is 0 Å². The van der Waals surface area contributed by atoms with Crippen molar-refractivity contribution in [2.75, 3.05) is 0 Å². The average molecular weight is 339 g/mol. The molecule has 0 N–H and O–H groups in total. The van der Waals surface area contributed by atoms with Crippen molar-refractivity contribution in [3.8, 4) is 0 Å². The van der Waals surface area contributed by atoms with Crippen LogP contribution >= 0.6 is 11.8 Å². The molecule has 0 saturated heterocycles. The van der Waals surface area contributed by atoms with E-state index >= 15 is 0 Å². The minimum Gasteiger partial charge on any atom is -0.294 e. The summed E-state index contributed by atoms with van der Waals surface area (Å²) in [6.07, 6.45) is 3.50. The van der Waals surface area contributed by atoms with Gasteiger partial charge in [0.25, 0.3) is 0 Å². The van der Waals surface area contributed by atoms with Crippen molar-refractivity contribution >= 4 is 23.2 Å². The number of hydrogen-bond acceptors (Lipinski definition) is 4. The van der Waals surface area contributed by atoms with Crippen LogP contribution < -0.4 is 0 Å². The van der Waals surface area contributed by atoms with Crippen molar-refractivity contribution in [2.45, 2.75) is 49.3 Å². The minimum absolute atomic E-state index is 0.203. The average Bonchev–Trinajstić information content (AvgIpc) is 2.99. The summed E-state index contributed by atoms with van der Waals surface area (Å²) in [6.45, 7) is 6.24. The number of nitrogens with zero attached hydrogens (tertiary/aromatic N) is 3. The van der Waals surface area contributed by atoms with E-state index in [2.05, 4.69) is 30.2 Å². The van der Waals surface area contributed by atoms with Gasteiger partial charge in [0.2, 0.25) is 0 Å². The lowest BCUT2D eigenvalue weighted by atomic mass is 10.1. The molecule has 24 heavy (non-hydrogen) atoms. The van der Waals surface area contributed by atoms with E-state index in [9.17, 15) is 4.79 Å². The smallest absolute Gasteiger partial charge is 0.164 e. The van der Waals surface area contributed by atoms with E-state index < -0.39 is 0 Å². The highest BCUT2D eigenvalue weighted by Crippen LogP contribution is 2.31. The van der Waals surface area contributed by atoms with E-state index in [4.69, 9.17) is 0 Å². The molecule has 2 heterocycles. The molecule has 0 atom stereocenters. The van der Waals surface area contributed by atoms with E-state index in [0.29, 0.717) is 12.3 Å². The van der Waals surface area contributed by atoms with Gasteiger partial charge in [-0.05, 0) is 24.6 Å². The van der Waals surface area contributed by atoms with Gasteiger partial charge in [0, 0.05) is 33.9 Å². The van der Waals surface area contributed by atoms with Crippen LogP contribution in [0.1, 0.15) is 55.7 Å². The van der Waals surface area contributed by atoms with Crippen LogP contribution in [0.3, 0.4) is 0 Å². The number of pyridine rings is 1. The molecule has 0 aliphatic rings. The Labute approximate surface area is 146 Å². The topological polar surface area (TPSA) is 47.3 Å². The number of rotatable bonds is 6. The number of hydrogen-bond donors (Lipinski definition) is 0. The second kappa shape index (κ2) is 7.18. The maximum Gasteiger partial charge on any atom is 0.164 e. The SMILES string of the molecule is CCCC(=O)c1ccccc1Sc1ccc2nnc(C(C)C)n2c1. The van der Waals surface area contributed by atoms with Gasteiger partial charge in [-0.25, -0.2) is 0 Å². The first-order chi connectivity index (χ1) is 11.6. The van der Waals surface area contributed by atoms with Gasteiger partial charge < -0.3 is 0 Å². The molecule has 0 radical (unpaired) electrons. The lowest BCUT2D eigenvalue weighted by Crippen LogP contribution is -2.00. The van der Waals surface area contributed by atoms with Gasteiger partial charge in [-0.3, -0.25) is 9.20 Å². The van der Waals surface area contributed by atoms with Crippen LogP contribution in [0.4, 0.5) is 0 Å². The molecule has 3 rings (SSSR count). The zero-order chi connectivity index (χ0) is 17.1. The second-order valence-corrected chi connectivity index (χ2v) is 7.19. The largest absolute Gasteiger partial charge is 0.294 e. The Morgan fingerprint density at radius 3 is 2.71 bits per heavy atom. The summed E-state index contributed by atoms with van der Waals surface area (Å²) >= 11 is 1.61. The zero-order valence-electron chi connectivity index (χ0n) is 14.2. The normalized spacial score (nSPS) is 11.3. The third-order valence-corrected chi connectivity index (χ3v) is 4.86. The highest BCUT2D eigenvalue weighted by atomic mass is 32.2. The van der Waals surface area contributed by atoms with Crippen LogP contribution in [-0.2, 0) is 0 Å². The molecule has 0 unspecified atom stereocenters. The Morgan fingerprint density at radius 2 is 1.96 bits per heavy atom. The first-order valence-electron chi connectivity index (χ1n) is 8.25. The Bertz CT molecular complexity index is 870. The van der Waals surface area contributed by atoms with Crippen molar-refractivity contribution in [1.29, 1.82) is 0 Å². The molecule has 0 fully saturated rings. The van der Waals surface area contributed by atoms with Crippen molar-refractivity contribution in [3.05, 3.63) is 54.0 Å². The van der Waals surface area contributed by atoms with Crippen molar-refractivity contribution in [2.24, 2.45) is 0 Å².